The van der Waals surface area contributed by atoms with E-state index in [2.05, 4.69) is 11.4 Å². The average Bonchev–Trinajstić information content (AvgIpc) is 3.38. The molecular weight excluding hydrogens is 466 g/mol. The van der Waals surface area contributed by atoms with Crippen molar-refractivity contribution in [1.29, 1.82) is 0 Å². The first kappa shape index (κ1) is 22.6. The molecule has 0 bridgehead atoms. The Morgan fingerprint density at radius 2 is 1.82 bits per heavy atom. The molecule has 172 valence electrons. The Kier molecular flexibility index (Phi) is 6.40. The van der Waals surface area contributed by atoms with Crippen LogP contribution in [0.1, 0.15) is 47.6 Å². The lowest BCUT2D eigenvalue weighted by atomic mass is 9.72. The maximum Gasteiger partial charge on any atom is 0.337 e. The highest BCUT2D eigenvalue weighted by molar-refractivity contribution is 7.10. The number of allylic oxidation sites excluding steroid dienone is 3. The lowest BCUT2D eigenvalue weighted by Gasteiger charge is -2.36. The van der Waals surface area contributed by atoms with Gasteiger partial charge in [-0.3, -0.25) is 4.79 Å². The molecular formula is C28H24ClNO3S. The molecule has 3 aromatic rings. The number of dihydropyridines is 1. The van der Waals surface area contributed by atoms with Crippen LogP contribution in [0.15, 0.2) is 94.7 Å². The smallest absolute Gasteiger partial charge is 0.337 e. The number of nitrogens with one attached hydrogen (secondary N) is 1. The number of rotatable bonds is 5. The number of benzene rings is 2. The van der Waals surface area contributed by atoms with E-state index in [1.54, 1.807) is 23.5 Å². The SMILES string of the molecule is CC1=C(C(=O)OCc2ccccc2)C(c2ccc(Cl)cc2)C2=C(CC(c3cccs3)CC2=O)N1. The molecule has 4 nitrogen and oxygen atoms in total. The van der Waals surface area contributed by atoms with Crippen LogP contribution in [0.5, 0.6) is 0 Å². The number of thiophene rings is 1. The molecule has 1 aliphatic heterocycles. The van der Waals surface area contributed by atoms with Crippen molar-refractivity contribution >= 4 is 34.7 Å². The topological polar surface area (TPSA) is 55.4 Å². The zero-order chi connectivity index (χ0) is 23.7. The van der Waals surface area contributed by atoms with E-state index < -0.39 is 11.9 Å². The van der Waals surface area contributed by atoms with Gasteiger partial charge < -0.3 is 10.1 Å². The molecule has 1 N–H and O–H groups in total. The summed E-state index contributed by atoms with van der Waals surface area (Å²) >= 11 is 7.82. The number of ether oxygens (including phenoxy) is 1. The van der Waals surface area contributed by atoms with Gasteiger partial charge in [-0.2, -0.15) is 0 Å². The minimum Gasteiger partial charge on any atom is -0.457 e. The quantitative estimate of drug-likeness (QED) is 0.415. The van der Waals surface area contributed by atoms with Crippen molar-refractivity contribution in [3.8, 4) is 0 Å². The monoisotopic (exact) mass is 489 g/mol. The van der Waals surface area contributed by atoms with Crippen LogP contribution in [0, 0.1) is 0 Å². The fraction of sp³-hybridized carbons (Fsp3) is 0.214. The summed E-state index contributed by atoms with van der Waals surface area (Å²) in [6.07, 6.45) is 1.16. The normalized spacial score (nSPS) is 20.1. The standard InChI is InChI=1S/C28H24ClNO3S/c1-17-25(28(32)33-16-18-6-3-2-4-7-18)26(19-9-11-21(29)12-10-19)27-22(30-17)14-20(15-23(27)31)24-8-5-13-34-24/h2-13,20,26,30H,14-16H2,1H3. The molecule has 2 heterocycles. The van der Waals surface area contributed by atoms with Crippen molar-refractivity contribution in [1.82, 2.24) is 5.32 Å². The van der Waals surface area contributed by atoms with Gasteiger partial charge in [0.05, 0.1) is 5.57 Å². The summed E-state index contributed by atoms with van der Waals surface area (Å²) in [4.78, 5) is 28.1. The predicted octanol–water partition coefficient (Wildman–Crippen LogP) is 6.51. The van der Waals surface area contributed by atoms with Crippen LogP contribution in [-0.4, -0.2) is 11.8 Å². The number of Topliss-reactive ketones (excluding diaryl/α,β-unsaturated/α-hetero) is 1. The van der Waals surface area contributed by atoms with Gasteiger partial charge in [-0.15, -0.1) is 11.3 Å². The summed E-state index contributed by atoms with van der Waals surface area (Å²) < 4.78 is 5.71. The van der Waals surface area contributed by atoms with Gasteiger partial charge in [-0.1, -0.05) is 60.1 Å². The van der Waals surface area contributed by atoms with Gasteiger partial charge in [-0.05, 0) is 48.1 Å². The number of carbonyl (C=O) groups is 2. The van der Waals surface area contributed by atoms with E-state index in [1.807, 2.05) is 60.8 Å². The van der Waals surface area contributed by atoms with Gasteiger partial charge in [0.15, 0.2) is 5.78 Å². The van der Waals surface area contributed by atoms with Gasteiger partial charge in [0.1, 0.15) is 6.61 Å². The van der Waals surface area contributed by atoms with Crippen molar-refractivity contribution in [2.75, 3.05) is 0 Å². The van der Waals surface area contributed by atoms with Crippen LogP contribution in [0.2, 0.25) is 5.02 Å². The number of hydrogen-bond acceptors (Lipinski definition) is 5. The summed E-state index contributed by atoms with van der Waals surface area (Å²) in [6, 6.07) is 21.0. The Labute approximate surface area is 207 Å². The molecule has 2 aliphatic rings. The number of ketones is 1. The Bertz CT molecular complexity index is 1280. The van der Waals surface area contributed by atoms with E-state index in [0.717, 1.165) is 28.9 Å². The largest absolute Gasteiger partial charge is 0.457 e. The number of carbonyl (C=O) groups excluding carboxylic acids is 2. The first-order chi connectivity index (χ1) is 16.5. The third-order valence-electron chi connectivity index (χ3n) is 6.41. The molecule has 0 amide bonds. The molecule has 2 unspecified atom stereocenters. The molecule has 0 saturated carbocycles. The molecule has 2 aromatic carbocycles. The highest BCUT2D eigenvalue weighted by atomic mass is 35.5. The Balaban J connectivity index is 1.51. The molecule has 0 saturated heterocycles. The Hall–Kier alpha value is -3.15. The van der Waals surface area contributed by atoms with Gasteiger partial charge >= 0.3 is 5.97 Å². The summed E-state index contributed by atoms with van der Waals surface area (Å²) in [5, 5.41) is 6.04. The third kappa shape index (κ3) is 4.46. The minimum atomic E-state index is -0.492. The number of esters is 1. The van der Waals surface area contributed by atoms with E-state index in [9.17, 15) is 9.59 Å². The van der Waals surface area contributed by atoms with E-state index >= 15 is 0 Å². The summed E-state index contributed by atoms with van der Waals surface area (Å²) in [5.41, 5.74) is 4.51. The molecule has 34 heavy (non-hydrogen) atoms. The fourth-order valence-electron chi connectivity index (χ4n) is 4.82. The minimum absolute atomic E-state index is 0.0629. The zero-order valence-electron chi connectivity index (χ0n) is 18.7. The molecule has 0 radical (unpaired) electrons. The van der Waals surface area contributed by atoms with Crippen molar-refractivity contribution in [2.45, 2.75) is 38.2 Å². The van der Waals surface area contributed by atoms with E-state index in [0.29, 0.717) is 22.6 Å². The molecule has 0 spiro atoms. The van der Waals surface area contributed by atoms with Gasteiger partial charge in [0, 0.05) is 45.1 Å². The summed E-state index contributed by atoms with van der Waals surface area (Å²) in [6.45, 7) is 2.05. The van der Waals surface area contributed by atoms with E-state index in [4.69, 9.17) is 16.3 Å². The highest BCUT2D eigenvalue weighted by Gasteiger charge is 2.41. The van der Waals surface area contributed by atoms with Crippen molar-refractivity contribution < 1.29 is 14.3 Å². The second-order valence-corrected chi connectivity index (χ2v) is 10.1. The maximum absolute atomic E-state index is 13.5. The molecule has 1 aromatic heterocycles. The Morgan fingerprint density at radius 1 is 1.06 bits per heavy atom. The van der Waals surface area contributed by atoms with Crippen molar-refractivity contribution in [3.63, 3.8) is 0 Å². The van der Waals surface area contributed by atoms with Crippen LogP contribution in [-0.2, 0) is 20.9 Å². The fourth-order valence-corrected chi connectivity index (χ4v) is 5.78. The summed E-state index contributed by atoms with van der Waals surface area (Å²) in [7, 11) is 0. The second-order valence-electron chi connectivity index (χ2n) is 8.65. The molecule has 5 rings (SSSR count). The van der Waals surface area contributed by atoms with Crippen LogP contribution in [0.4, 0.5) is 0 Å². The maximum atomic E-state index is 13.5. The molecule has 6 heteroatoms. The molecule has 2 atom stereocenters. The summed E-state index contributed by atoms with van der Waals surface area (Å²) in [5.74, 6) is -0.709. The van der Waals surface area contributed by atoms with E-state index in [1.165, 1.54) is 4.88 Å². The third-order valence-corrected chi connectivity index (χ3v) is 7.70. The first-order valence-corrected chi connectivity index (χ1v) is 12.5. The van der Waals surface area contributed by atoms with Crippen LogP contribution in [0.25, 0.3) is 0 Å². The van der Waals surface area contributed by atoms with Gasteiger partial charge in [0.2, 0.25) is 0 Å². The second kappa shape index (κ2) is 9.61. The lowest BCUT2D eigenvalue weighted by Crippen LogP contribution is -2.36. The number of hydrogen-bond donors (Lipinski definition) is 1. The highest BCUT2D eigenvalue weighted by Crippen LogP contribution is 2.46. The first-order valence-electron chi connectivity index (χ1n) is 11.2. The Morgan fingerprint density at radius 3 is 2.53 bits per heavy atom. The average molecular weight is 490 g/mol. The van der Waals surface area contributed by atoms with Crippen molar-refractivity contribution in [3.05, 3.63) is 116 Å². The van der Waals surface area contributed by atoms with Gasteiger partial charge in [-0.25, -0.2) is 4.79 Å². The van der Waals surface area contributed by atoms with E-state index in [-0.39, 0.29) is 18.3 Å². The van der Waals surface area contributed by atoms with Crippen molar-refractivity contribution in [2.24, 2.45) is 0 Å². The van der Waals surface area contributed by atoms with Crippen LogP contribution in [0.3, 0.4) is 0 Å². The van der Waals surface area contributed by atoms with Crippen LogP contribution >= 0.6 is 22.9 Å². The zero-order valence-corrected chi connectivity index (χ0v) is 20.3. The molecule has 1 aliphatic carbocycles. The van der Waals surface area contributed by atoms with Crippen LogP contribution < -0.4 is 5.32 Å². The van der Waals surface area contributed by atoms with Gasteiger partial charge in [0.25, 0.3) is 0 Å². The molecule has 0 fully saturated rings. The predicted molar refractivity (Wildman–Crippen MR) is 135 cm³/mol. The number of halogens is 1. The lowest BCUT2D eigenvalue weighted by molar-refractivity contribution is -0.140.